The van der Waals surface area contributed by atoms with E-state index < -0.39 is 24.1 Å². The Morgan fingerprint density at radius 1 is 0.682 bits per heavy atom. The lowest BCUT2D eigenvalue weighted by Gasteiger charge is -2.08. The number of carboxylic acid groups (broad SMARTS) is 2. The molecule has 0 aliphatic heterocycles. The van der Waals surface area contributed by atoms with Crippen molar-refractivity contribution in [2.45, 2.75) is 78.4 Å². The molecule has 0 spiro atoms. The first kappa shape index (κ1) is 23.1. The van der Waals surface area contributed by atoms with Crippen LogP contribution >= 0.6 is 0 Å². The van der Waals surface area contributed by atoms with E-state index in [1.165, 1.54) is 0 Å². The number of hydrogen-bond donors (Lipinski definition) is 4. The Morgan fingerprint density at radius 2 is 0.955 bits per heavy atom. The van der Waals surface area contributed by atoms with Crippen molar-refractivity contribution in [2.75, 3.05) is 0 Å². The minimum atomic E-state index is -0.929. The molecule has 0 bridgehead atoms. The van der Waals surface area contributed by atoms with Crippen molar-refractivity contribution in [3.8, 4) is 0 Å². The van der Waals surface area contributed by atoms with Gasteiger partial charge in [-0.05, 0) is 37.5 Å². The number of aliphatic hydroxyl groups is 2. The average molecular weight is 320 g/mol. The Bertz CT molecular complexity index is 271. The van der Waals surface area contributed by atoms with Gasteiger partial charge in [0.25, 0.3) is 0 Å². The molecule has 0 amide bonds. The smallest absolute Gasteiger partial charge is 0.305 e. The molecular formula is C16H32O6. The van der Waals surface area contributed by atoms with Crippen molar-refractivity contribution < 1.29 is 30.0 Å². The standard InChI is InChI=1S/2C8H16O3/c2*1-6(2)3-4-7(9)5-8(10)11/h2*6-7,9H,3-5H2,1-2H3,(H,10,11). The molecule has 0 aromatic rings. The molecule has 0 aromatic heterocycles. The molecule has 22 heavy (non-hydrogen) atoms. The highest BCUT2D eigenvalue weighted by atomic mass is 16.4. The van der Waals surface area contributed by atoms with E-state index in [9.17, 15) is 9.59 Å². The second-order valence-corrected chi connectivity index (χ2v) is 6.45. The fraction of sp³-hybridized carbons (Fsp3) is 0.875. The van der Waals surface area contributed by atoms with Gasteiger partial charge in [-0.1, -0.05) is 27.7 Å². The van der Waals surface area contributed by atoms with Gasteiger partial charge in [-0.25, -0.2) is 0 Å². The van der Waals surface area contributed by atoms with Gasteiger partial charge in [0.15, 0.2) is 0 Å². The molecule has 0 aliphatic carbocycles. The molecule has 0 radical (unpaired) electrons. The van der Waals surface area contributed by atoms with E-state index >= 15 is 0 Å². The van der Waals surface area contributed by atoms with Gasteiger partial charge in [0.1, 0.15) is 0 Å². The van der Waals surface area contributed by atoms with Crippen LogP contribution in [0.15, 0.2) is 0 Å². The minimum absolute atomic E-state index is 0.132. The highest BCUT2D eigenvalue weighted by Gasteiger charge is 2.10. The molecule has 0 heterocycles. The lowest BCUT2D eigenvalue weighted by molar-refractivity contribution is -0.140. The van der Waals surface area contributed by atoms with Gasteiger partial charge in [-0.2, -0.15) is 0 Å². The third kappa shape index (κ3) is 21.2. The summed E-state index contributed by atoms with van der Waals surface area (Å²) in [6.07, 6.45) is 1.33. The summed E-state index contributed by atoms with van der Waals surface area (Å²) in [6, 6.07) is 0. The summed E-state index contributed by atoms with van der Waals surface area (Å²) in [5, 5.41) is 34.8. The fourth-order valence-corrected chi connectivity index (χ4v) is 1.66. The Kier molecular flexibility index (Phi) is 14.2. The third-order valence-electron chi connectivity index (χ3n) is 2.97. The van der Waals surface area contributed by atoms with E-state index in [-0.39, 0.29) is 12.8 Å². The van der Waals surface area contributed by atoms with E-state index in [1.807, 2.05) is 27.7 Å². The van der Waals surface area contributed by atoms with Crippen LogP contribution in [0.2, 0.25) is 0 Å². The maximum absolute atomic E-state index is 10.1. The topological polar surface area (TPSA) is 115 Å². The summed E-state index contributed by atoms with van der Waals surface area (Å²) in [7, 11) is 0. The van der Waals surface area contributed by atoms with Crippen LogP contribution in [-0.4, -0.2) is 44.6 Å². The summed E-state index contributed by atoms with van der Waals surface area (Å²) >= 11 is 0. The first-order valence-corrected chi connectivity index (χ1v) is 7.84. The zero-order valence-electron chi connectivity index (χ0n) is 14.2. The molecule has 132 valence electrons. The number of hydrogen-bond acceptors (Lipinski definition) is 4. The van der Waals surface area contributed by atoms with Crippen LogP contribution in [0.4, 0.5) is 0 Å². The highest BCUT2D eigenvalue weighted by molar-refractivity contribution is 5.67. The van der Waals surface area contributed by atoms with Gasteiger partial charge < -0.3 is 20.4 Å². The van der Waals surface area contributed by atoms with Crippen LogP contribution in [0.25, 0.3) is 0 Å². The van der Waals surface area contributed by atoms with Crippen molar-refractivity contribution in [1.82, 2.24) is 0 Å². The van der Waals surface area contributed by atoms with Crippen molar-refractivity contribution in [3.63, 3.8) is 0 Å². The maximum atomic E-state index is 10.1. The zero-order valence-corrected chi connectivity index (χ0v) is 14.2. The van der Waals surface area contributed by atoms with Gasteiger partial charge in [-0.3, -0.25) is 9.59 Å². The summed E-state index contributed by atoms with van der Waals surface area (Å²) in [4.78, 5) is 20.2. The van der Waals surface area contributed by atoms with Gasteiger partial charge in [-0.15, -0.1) is 0 Å². The lowest BCUT2D eigenvalue weighted by atomic mass is 10.0. The van der Waals surface area contributed by atoms with Crippen LogP contribution in [0.5, 0.6) is 0 Å². The fourth-order valence-electron chi connectivity index (χ4n) is 1.66. The minimum Gasteiger partial charge on any atom is -0.481 e. The molecule has 6 heteroatoms. The van der Waals surface area contributed by atoms with Gasteiger partial charge in [0.2, 0.25) is 0 Å². The second kappa shape index (κ2) is 13.5. The largest absolute Gasteiger partial charge is 0.481 e. The normalized spacial score (nSPS) is 13.5. The SMILES string of the molecule is CC(C)CCC(O)CC(=O)O.CC(C)CCC(O)CC(=O)O. The van der Waals surface area contributed by atoms with Crippen LogP contribution in [0.1, 0.15) is 66.2 Å². The molecule has 0 aliphatic rings. The van der Waals surface area contributed by atoms with E-state index in [2.05, 4.69) is 0 Å². The molecule has 0 saturated heterocycles. The quantitative estimate of drug-likeness (QED) is 0.491. The predicted molar refractivity (Wildman–Crippen MR) is 84.7 cm³/mol. The molecule has 6 nitrogen and oxygen atoms in total. The Labute approximate surface area is 133 Å². The van der Waals surface area contributed by atoms with E-state index in [0.717, 1.165) is 12.8 Å². The molecule has 2 atom stereocenters. The first-order chi connectivity index (χ1) is 10.0. The van der Waals surface area contributed by atoms with Gasteiger partial charge >= 0.3 is 11.9 Å². The Balaban J connectivity index is 0. The molecule has 0 fully saturated rings. The number of rotatable bonds is 10. The van der Waals surface area contributed by atoms with Crippen LogP contribution in [0, 0.1) is 11.8 Å². The molecule has 0 saturated carbocycles. The number of aliphatic carboxylic acids is 2. The molecule has 0 rings (SSSR count). The van der Waals surface area contributed by atoms with Crippen LogP contribution in [-0.2, 0) is 9.59 Å². The highest BCUT2D eigenvalue weighted by Crippen LogP contribution is 2.09. The van der Waals surface area contributed by atoms with Crippen molar-refractivity contribution in [1.29, 1.82) is 0 Å². The summed E-state index contributed by atoms with van der Waals surface area (Å²) in [5.41, 5.74) is 0. The van der Waals surface area contributed by atoms with Crippen LogP contribution in [0.3, 0.4) is 0 Å². The van der Waals surface area contributed by atoms with Crippen molar-refractivity contribution in [3.05, 3.63) is 0 Å². The van der Waals surface area contributed by atoms with Crippen molar-refractivity contribution >= 4 is 11.9 Å². The van der Waals surface area contributed by atoms with Crippen molar-refractivity contribution in [2.24, 2.45) is 11.8 Å². The van der Waals surface area contributed by atoms with Gasteiger partial charge in [0.05, 0.1) is 25.0 Å². The van der Waals surface area contributed by atoms with E-state index in [1.54, 1.807) is 0 Å². The lowest BCUT2D eigenvalue weighted by Crippen LogP contribution is -2.13. The Hall–Kier alpha value is -1.14. The zero-order chi connectivity index (χ0) is 17.7. The summed E-state index contributed by atoms with van der Waals surface area (Å²) in [6.45, 7) is 8.20. The molecule has 4 N–H and O–H groups in total. The van der Waals surface area contributed by atoms with E-state index in [0.29, 0.717) is 24.7 Å². The Morgan fingerprint density at radius 3 is 1.14 bits per heavy atom. The number of carbonyl (C=O) groups is 2. The molecule has 2 unspecified atom stereocenters. The maximum Gasteiger partial charge on any atom is 0.305 e. The third-order valence-corrected chi connectivity index (χ3v) is 2.97. The average Bonchev–Trinajstić information content (AvgIpc) is 2.33. The second-order valence-electron chi connectivity index (χ2n) is 6.45. The monoisotopic (exact) mass is 320 g/mol. The summed E-state index contributed by atoms with van der Waals surface area (Å²) < 4.78 is 0. The van der Waals surface area contributed by atoms with Crippen LogP contribution < -0.4 is 0 Å². The summed E-state index contributed by atoms with van der Waals surface area (Å²) in [5.74, 6) is -0.806. The molecule has 0 aromatic carbocycles. The van der Waals surface area contributed by atoms with Gasteiger partial charge in [0, 0.05) is 0 Å². The molecular weight excluding hydrogens is 288 g/mol. The van der Waals surface area contributed by atoms with E-state index in [4.69, 9.17) is 20.4 Å². The first-order valence-electron chi connectivity index (χ1n) is 7.84. The number of carboxylic acids is 2. The predicted octanol–water partition coefficient (Wildman–Crippen LogP) is 2.52. The number of aliphatic hydroxyl groups excluding tert-OH is 2.